The molecule has 1 fully saturated rings. The smallest absolute Gasteiger partial charge is 0.305 e. The molecule has 1 aliphatic carbocycles. The van der Waals surface area contributed by atoms with Gasteiger partial charge >= 0.3 is 5.97 Å². The van der Waals surface area contributed by atoms with Gasteiger partial charge in [0.2, 0.25) is 0 Å². The van der Waals surface area contributed by atoms with Gasteiger partial charge in [-0.05, 0) is 51.4 Å². The maximum Gasteiger partial charge on any atom is 0.305 e. The number of unbranched alkanes of at least 4 members (excludes halogenated alkanes) is 3. The lowest BCUT2D eigenvalue weighted by Gasteiger charge is -2.30. The van der Waals surface area contributed by atoms with Crippen LogP contribution in [0.25, 0.3) is 0 Å². The fourth-order valence-corrected chi connectivity index (χ4v) is 3.75. The molecule has 0 heterocycles. The Hall–Kier alpha value is -0.570. The third-order valence-electron chi connectivity index (χ3n) is 5.40. The zero-order valence-corrected chi connectivity index (χ0v) is 20.5. The molecule has 0 atom stereocenters. The average molecular weight is 511 g/mol. The van der Waals surface area contributed by atoms with Crippen LogP contribution in [0.4, 0.5) is 0 Å². The first kappa shape index (κ1) is 27.4. The number of carbonyl (C=O) groups excluding carboxylic acids is 1. The van der Waals surface area contributed by atoms with Crippen molar-refractivity contribution in [3.05, 3.63) is 0 Å². The van der Waals surface area contributed by atoms with Gasteiger partial charge in [0, 0.05) is 39.8 Å². The average Bonchev–Trinajstić information content (AvgIpc) is 3.13. The molecule has 0 unspecified atom stereocenters. The summed E-state index contributed by atoms with van der Waals surface area (Å²) in [5.41, 5.74) is 0.361. The van der Waals surface area contributed by atoms with Crippen LogP contribution in [-0.4, -0.2) is 51.9 Å². The Labute approximate surface area is 189 Å². The van der Waals surface area contributed by atoms with Crippen molar-refractivity contribution in [1.29, 1.82) is 0 Å². The van der Waals surface area contributed by atoms with E-state index < -0.39 is 0 Å². The highest BCUT2D eigenvalue weighted by molar-refractivity contribution is 14.0. The van der Waals surface area contributed by atoms with E-state index in [1.165, 1.54) is 25.7 Å². The predicted octanol–water partition coefficient (Wildman–Crippen LogP) is 4.27. The van der Waals surface area contributed by atoms with Crippen LogP contribution >= 0.6 is 24.0 Å². The summed E-state index contributed by atoms with van der Waals surface area (Å²) < 4.78 is 10.5. The van der Waals surface area contributed by atoms with Gasteiger partial charge in [-0.2, -0.15) is 0 Å². The van der Waals surface area contributed by atoms with Crippen molar-refractivity contribution in [2.75, 3.05) is 40.0 Å². The molecular formula is C21H42IN3O3. The monoisotopic (exact) mass is 511 g/mol. The first-order valence-corrected chi connectivity index (χ1v) is 10.8. The van der Waals surface area contributed by atoms with Crippen molar-refractivity contribution in [3.8, 4) is 0 Å². The van der Waals surface area contributed by atoms with Crippen LogP contribution in [0.2, 0.25) is 0 Å². The first-order chi connectivity index (χ1) is 13.2. The first-order valence-electron chi connectivity index (χ1n) is 10.8. The number of ether oxygens (including phenoxy) is 2. The van der Waals surface area contributed by atoms with E-state index in [1.54, 1.807) is 0 Å². The van der Waals surface area contributed by atoms with E-state index in [1.807, 2.05) is 14.0 Å². The molecule has 0 saturated heterocycles. The van der Waals surface area contributed by atoms with Gasteiger partial charge in [-0.25, -0.2) is 0 Å². The highest BCUT2D eigenvalue weighted by Gasteiger charge is 2.33. The van der Waals surface area contributed by atoms with Gasteiger partial charge < -0.3 is 20.1 Å². The van der Waals surface area contributed by atoms with Crippen molar-refractivity contribution < 1.29 is 14.3 Å². The Balaban J connectivity index is 0.00000729. The minimum atomic E-state index is -0.0783. The van der Waals surface area contributed by atoms with Crippen molar-refractivity contribution in [2.45, 2.75) is 78.1 Å². The third-order valence-corrected chi connectivity index (χ3v) is 5.40. The van der Waals surface area contributed by atoms with Gasteiger partial charge in [-0.3, -0.25) is 9.79 Å². The number of nitrogens with one attached hydrogen (secondary N) is 2. The largest absolute Gasteiger partial charge is 0.466 e. The van der Waals surface area contributed by atoms with Crippen LogP contribution < -0.4 is 10.6 Å². The number of esters is 1. The summed E-state index contributed by atoms with van der Waals surface area (Å²) >= 11 is 0. The van der Waals surface area contributed by atoms with Crippen LogP contribution in [0.3, 0.4) is 0 Å². The van der Waals surface area contributed by atoms with Crippen LogP contribution in [0.1, 0.15) is 78.1 Å². The third kappa shape index (κ3) is 12.1. The molecule has 0 spiro atoms. The topological polar surface area (TPSA) is 72.0 Å². The summed E-state index contributed by atoms with van der Waals surface area (Å²) in [6.07, 6.45) is 11.0. The SMILES string of the molecule is CCOCCC1(CNC(=NC)NCCCCCCC(=O)OCC)CCCC1.I. The molecule has 7 heteroatoms. The maximum atomic E-state index is 11.3. The standard InChI is InChI=1S/C21H41N3O3.HI/c1-4-26-17-15-21(13-9-10-14-21)18-24-20(22-3)23-16-11-7-6-8-12-19(25)27-5-2;/h4-18H2,1-3H3,(H2,22,23,24);1H. The Kier molecular flexibility index (Phi) is 16.9. The zero-order valence-electron chi connectivity index (χ0n) is 18.2. The summed E-state index contributed by atoms with van der Waals surface area (Å²) in [7, 11) is 1.83. The van der Waals surface area contributed by atoms with E-state index >= 15 is 0 Å². The molecule has 1 saturated carbocycles. The van der Waals surface area contributed by atoms with Gasteiger partial charge in [-0.1, -0.05) is 25.7 Å². The summed E-state index contributed by atoms with van der Waals surface area (Å²) in [5, 5.41) is 6.95. The van der Waals surface area contributed by atoms with Crippen LogP contribution in [0, 0.1) is 5.41 Å². The number of nitrogens with zero attached hydrogens (tertiary/aromatic N) is 1. The summed E-state index contributed by atoms with van der Waals surface area (Å²) in [4.78, 5) is 15.6. The van der Waals surface area contributed by atoms with E-state index in [9.17, 15) is 4.79 Å². The fraction of sp³-hybridized carbons (Fsp3) is 0.905. The number of carbonyl (C=O) groups is 1. The molecular weight excluding hydrogens is 469 g/mol. The van der Waals surface area contributed by atoms with Gasteiger partial charge in [0.1, 0.15) is 0 Å². The van der Waals surface area contributed by atoms with Crippen molar-refractivity contribution >= 4 is 35.9 Å². The molecule has 28 heavy (non-hydrogen) atoms. The molecule has 6 nitrogen and oxygen atoms in total. The van der Waals surface area contributed by atoms with Crippen LogP contribution in [0.5, 0.6) is 0 Å². The Bertz CT molecular complexity index is 427. The van der Waals surface area contributed by atoms with E-state index in [0.29, 0.717) is 18.4 Å². The highest BCUT2D eigenvalue weighted by Crippen LogP contribution is 2.40. The maximum absolute atomic E-state index is 11.3. The molecule has 0 radical (unpaired) electrons. The van der Waals surface area contributed by atoms with Crippen LogP contribution in [-0.2, 0) is 14.3 Å². The number of guanidine groups is 1. The van der Waals surface area contributed by atoms with E-state index in [2.05, 4.69) is 22.5 Å². The Morgan fingerprint density at radius 2 is 1.75 bits per heavy atom. The highest BCUT2D eigenvalue weighted by atomic mass is 127. The van der Waals surface area contributed by atoms with Gasteiger partial charge in [-0.15, -0.1) is 24.0 Å². The van der Waals surface area contributed by atoms with E-state index in [-0.39, 0.29) is 29.9 Å². The summed E-state index contributed by atoms with van der Waals surface area (Å²) in [6.45, 7) is 7.91. The van der Waals surface area contributed by atoms with Crippen LogP contribution in [0.15, 0.2) is 4.99 Å². The van der Waals surface area contributed by atoms with E-state index in [4.69, 9.17) is 9.47 Å². The predicted molar refractivity (Wildman–Crippen MR) is 127 cm³/mol. The van der Waals surface area contributed by atoms with Crippen molar-refractivity contribution in [1.82, 2.24) is 10.6 Å². The lowest BCUT2D eigenvalue weighted by Crippen LogP contribution is -2.43. The molecule has 2 N–H and O–H groups in total. The molecule has 0 bridgehead atoms. The molecule has 0 aromatic heterocycles. The molecule has 166 valence electrons. The second-order valence-corrected chi connectivity index (χ2v) is 7.48. The number of halogens is 1. The number of hydrogen-bond donors (Lipinski definition) is 2. The van der Waals surface area contributed by atoms with Crippen molar-refractivity contribution in [3.63, 3.8) is 0 Å². The normalized spacial score (nSPS) is 15.8. The molecule has 1 aliphatic rings. The Morgan fingerprint density at radius 1 is 1.04 bits per heavy atom. The second-order valence-electron chi connectivity index (χ2n) is 7.48. The Morgan fingerprint density at radius 3 is 2.39 bits per heavy atom. The van der Waals surface area contributed by atoms with E-state index in [0.717, 1.165) is 64.4 Å². The summed E-state index contributed by atoms with van der Waals surface area (Å²) in [5.74, 6) is 0.814. The van der Waals surface area contributed by atoms with Gasteiger partial charge in [0.25, 0.3) is 0 Å². The molecule has 0 aromatic rings. The number of hydrogen-bond acceptors (Lipinski definition) is 4. The number of aliphatic imine (C=N–C) groups is 1. The molecule has 0 aromatic carbocycles. The number of rotatable bonds is 14. The van der Waals surface area contributed by atoms with Gasteiger partial charge in [0.15, 0.2) is 5.96 Å². The second kappa shape index (κ2) is 17.3. The molecule has 0 amide bonds. The zero-order chi connectivity index (χ0) is 19.8. The molecule has 1 rings (SSSR count). The van der Waals surface area contributed by atoms with Crippen molar-refractivity contribution in [2.24, 2.45) is 10.4 Å². The lowest BCUT2D eigenvalue weighted by atomic mass is 9.83. The quantitative estimate of drug-likeness (QED) is 0.120. The minimum absolute atomic E-state index is 0. The van der Waals surface area contributed by atoms with Gasteiger partial charge in [0.05, 0.1) is 6.61 Å². The fourth-order valence-electron chi connectivity index (χ4n) is 3.75. The minimum Gasteiger partial charge on any atom is -0.466 e. The summed E-state index contributed by atoms with van der Waals surface area (Å²) in [6, 6.07) is 0. The lowest BCUT2D eigenvalue weighted by molar-refractivity contribution is -0.143. The molecule has 0 aliphatic heterocycles.